The van der Waals surface area contributed by atoms with Gasteiger partial charge in [0.2, 0.25) is 11.8 Å². The Kier molecular flexibility index (Phi) is 9.43. The molecule has 1 saturated heterocycles. The Morgan fingerprint density at radius 3 is 2.57 bits per heavy atom. The molecule has 1 aromatic carbocycles. The summed E-state index contributed by atoms with van der Waals surface area (Å²) in [4.78, 5) is 49.7. The fourth-order valence-corrected chi connectivity index (χ4v) is 5.88. The summed E-state index contributed by atoms with van der Waals surface area (Å²) in [7, 11) is 0. The molecule has 1 aliphatic heterocycles. The molecule has 0 saturated carbocycles. The number of aromatic nitrogens is 1. The Balaban J connectivity index is 1.49. The van der Waals surface area contributed by atoms with Gasteiger partial charge in [-0.1, -0.05) is 36.4 Å². The largest absolute Gasteiger partial charge is 0.365 e. The highest BCUT2D eigenvalue weighted by molar-refractivity contribution is 7.20. The molecule has 37 heavy (non-hydrogen) atoms. The van der Waals surface area contributed by atoms with Crippen LogP contribution >= 0.6 is 22.7 Å². The van der Waals surface area contributed by atoms with Gasteiger partial charge in [-0.05, 0) is 37.3 Å². The first-order valence-electron chi connectivity index (χ1n) is 12.5. The topological polar surface area (TPSA) is 83.0 Å². The van der Waals surface area contributed by atoms with E-state index in [-0.39, 0.29) is 37.4 Å². The van der Waals surface area contributed by atoms with Crippen LogP contribution in [0, 0.1) is 0 Å². The number of benzene rings is 1. The van der Waals surface area contributed by atoms with Gasteiger partial charge in [-0.25, -0.2) is 4.98 Å². The van der Waals surface area contributed by atoms with Gasteiger partial charge in [0.05, 0.1) is 11.0 Å². The standard InChI is InChI=1S/C27H32N4O4S2/c1-3-29(4-2)25(33)18-35-21-15-30(13-12-20-9-6-5-7-10-20)24(32)17-31(16-21)27(34)22-19-37-26(28-22)23-11-8-14-36-23/h5-11,14,19,21H,3-4,12-13,15-18H2,1-2H3/t21-/m1/s1. The summed E-state index contributed by atoms with van der Waals surface area (Å²) in [5.41, 5.74) is 1.45. The van der Waals surface area contributed by atoms with Crippen molar-refractivity contribution in [1.29, 1.82) is 0 Å². The zero-order valence-corrected chi connectivity index (χ0v) is 22.8. The van der Waals surface area contributed by atoms with Crippen LogP contribution in [0.2, 0.25) is 0 Å². The van der Waals surface area contributed by atoms with Gasteiger partial charge in [-0.15, -0.1) is 22.7 Å². The molecule has 8 nitrogen and oxygen atoms in total. The second kappa shape index (κ2) is 12.9. The van der Waals surface area contributed by atoms with E-state index in [9.17, 15) is 14.4 Å². The monoisotopic (exact) mass is 540 g/mol. The maximum absolute atomic E-state index is 13.4. The predicted octanol–water partition coefficient (Wildman–Crippen LogP) is 3.65. The van der Waals surface area contributed by atoms with Crippen molar-refractivity contribution in [3.05, 3.63) is 64.5 Å². The number of thiophene rings is 1. The molecule has 1 aliphatic rings. The quantitative estimate of drug-likeness (QED) is 0.392. The lowest BCUT2D eigenvalue weighted by molar-refractivity contribution is -0.138. The molecule has 4 rings (SSSR count). The molecule has 3 amide bonds. The molecule has 0 spiro atoms. The summed E-state index contributed by atoms with van der Waals surface area (Å²) < 4.78 is 6.03. The van der Waals surface area contributed by atoms with Crippen LogP contribution in [0.5, 0.6) is 0 Å². The molecule has 3 aromatic rings. The van der Waals surface area contributed by atoms with Crippen LogP contribution in [-0.2, 0) is 20.7 Å². The van der Waals surface area contributed by atoms with E-state index >= 15 is 0 Å². The number of amides is 3. The third-order valence-corrected chi connectivity index (χ3v) is 8.22. The summed E-state index contributed by atoms with van der Waals surface area (Å²) in [6.45, 7) is 5.96. The predicted molar refractivity (Wildman–Crippen MR) is 146 cm³/mol. The molecule has 1 atom stereocenters. The molecule has 0 radical (unpaired) electrons. The Labute approximate surface area is 225 Å². The Hall–Kier alpha value is -3.08. The SMILES string of the molecule is CCN(CC)C(=O)CO[C@@H]1CN(CCc2ccccc2)C(=O)CN(C(=O)c2csc(-c3cccs3)n2)C1. The molecular weight excluding hydrogens is 508 g/mol. The van der Waals surface area contributed by atoms with E-state index in [0.717, 1.165) is 15.4 Å². The van der Waals surface area contributed by atoms with Gasteiger partial charge >= 0.3 is 0 Å². The molecule has 196 valence electrons. The third kappa shape index (κ3) is 7.03. The van der Waals surface area contributed by atoms with Gasteiger partial charge in [0, 0.05) is 38.1 Å². The van der Waals surface area contributed by atoms with Crippen LogP contribution in [0.15, 0.2) is 53.2 Å². The highest BCUT2D eigenvalue weighted by Gasteiger charge is 2.32. The van der Waals surface area contributed by atoms with E-state index < -0.39 is 6.10 Å². The molecule has 10 heteroatoms. The number of ether oxygens (including phenoxy) is 1. The molecule has 0 bridgehead atoms. The van der Waals surface area contributed by atoms with E-state index in [1.807, 2.05) is 61.7 Å². The van der Waals surface area contributed by atoms with Crippen molar-refractivity contribution >= 4 is 40.4 Å². The minimum atomic E-state index is -0.485. The highest BCUT2D eigenvalue weighted by atomic mass is 32.1. The number of nitrogens with zero attached hydrogens (tertiary/aromatic N) is 4. The van der Waals surface area contributed by atoms with Crippen molar-refractivity contribution in [2.24, 2.45) is 0 Å². The number of carbonyl (C=O) groups excluding carboxylic acids is 3. The average Bonchev–Trinajstić information content (AvgIpc) is 3.59. The van der Waals surface area contributed by atoms with E-state index in [4.69, 9.17) is 4.74 Å². The molecule has 0 aliphatic carbocycles. The minimum Gasteiger partial charge on any atom is -0.365 e. The van der Waals surface area contributed by atoms with Crippen molar-refractivity contribution in [2.45, 2.75) is 26.4 Å². The lowest BCUT2D eigenvalue weighted by Gasteiger charge is -2.26. The lowest BCUT2D eigenvalue weighted by Crippen LogP contribution is -2.41. The van der Waals surface area contributed by atoms with Crippen LogP contribution in [0.4, 0.5) is 0 Å². The molecule has 2 aromatic heterocycles. The first-order chi connectivity index (χ1) is 18.0. The second-order valence-electron chi connectivity index (χ2n) is 8.78. The summed E-state index contributed by atoms with van der Waals surface area (Å²) in [6.07, 6.45) is 0.211. The summed E-state index contributed by atoms with van der Waals surface area (Å²) >= 11 is 2.98. The molecule has 0 unspecified atom stereocenters. The summed E-state index contributed by atoms with van der Waals surface area (Å²) in [5.74, 6) is -0.547. The van der Waals surface area contributed by atoms with Crippen LogP contribution in [0.3, 0.4) is 0 Å². The van der Waals surface area contributed by atoms with E-state index in [2.05, 4.69) is 4.98 Å². The van der Waals surface area contributed by atoms with E-state index in [1.165, 1.54) is 16.2 Å². The normalized spacial score (nSPS) is 16.1. The number of hydrogen-bond acceptors (Lipinski definition) is 7. The van der Waals surface area contributed by atoms with Gasteiger partial charge < -0.3 is 19.4 Å². The average molecular weight is 541 g/mol. The van der Waals surface area contributed by atoms with Crippen molar-refractivity contribution in [1.82, 2.24) is 19.7 Å². The van der Waals surface area contributed by atoms with Crippen LogP contribution in [0.25, 0.3) is 9.88 Å². The molecule has 1 fully saturated rings. The maximum Gasteiger partial charge on any atom is 0.273 e. The van der Waals surface area contributed by atoms with Gasteiger partial charge in [0.1, 0.15) is 23.9 Å². The molecule has 3 heterocycles. The smallest absolute Gasteiger partial charge is 0.273 e. The van der Waals surface area contributed by atoms with Gasteiger partial charge in [0.15, 0.2) is 0 Å². The summed E-state index contributed by atoms with van der Waals surface area (Å²) in [6, 6.07) is 13.9. The van der Waals surface area contributed by atoms with Crippen LogP contribution in [-0.4, -0.2) is 89.4 Å². The Morgan fingerprint density at radius 2 is 1.86 bits per heavy atom. The Morgan fingerprint density at radius 1 is 1.08 bits per heavy atom. The number of carbonyl (C=O) groups is 3. The van der Waals surface area contributed by atoms with Crippen molar-refractivity contribution < 1.29 is 19.1 Å². The van der Waals surface area contributed by atoms with Crippen molar-refractivity contribution in [3.63, 3.8) is 0 Å². The lowest BCUT2D eigenvalue weighted by atomic mass is 10.1. The van der Waals surface area contributed by atoms with Crippen LogP contribution < -0.4 is 0 Å². The fraction of sp³-hybridized carbons (Fsp3) is 0.407. The van der Waals surface area contributed by atoms with E-state index in [1.54, 1.807) is 26.5 Å². The minimum absolute atomic E-state index is 0.0522. The highest BCUT2D eigenvalue weighted by Crippen LogP contribution is 2.28. The molecular formula is C27H32N4O4S2. The fourth-order valence-electron chi connectivity index (χ4n) is 4.27. The zero-order valence-electron chi connectivity index (χ0n) is 21.2. The van der Waals surface area contributed by atoms with Crippen molar-refractivity contribution in [2.75, 3.05) is 45.9 Å². The number of rotatable bonds is 10. The third-order valence-electron chi connectivity index (χ3n) is 6.34. The first kappa shape index (κ1) is 27.0. The maximum atomic E-state index is 13.4. The Bertz CT molecular complexity index is 1180. The van der Waals surface area contributed by atoms with Gasteiger partial charge in [-0.2, -0.15) is 0 Å². The van der Waals surface area contributed by atoms with Gasteiger partial charge in [0.25, 0.3) is 5.91 Å². The number of likely N-dealkylation sites (N-methyl/N-ethyl adjacent to an activating group) is 1. The summed E-state index contributed by atoms with van der Waals surface area (Å²) in [5, 5.41) is 4.48. The van der Waals surface area contributed by atoms with Gasteiger partial charge in [-0.3, -0.25) is 14.4 Å². The zero-order chi connectivity index (χ0) is 26.2. The number of hydrogen-bond donors (Lipinski definition) is 0. The van der Waals surface area contributed by atoms with Crippen LogP contribution in [0.1, 0.15) is 29.9 Å². The first-order valence-corrected chi connectivity index (χ1v) is 14.2. The second-order valence-corrected chi connectivity index (χ2v) is 10.6. The van der Waals surface area contributed by atoms with E-state index in [0.29, 0.717) is 38.3 Å². The van der Waals surface area contributed by atoms with Crippen molar-refractivity contribution in [3.8, 4) is 9.88 Å². The molecule has 0 N–H and O–H groups in total. The number of thiazole rings is 1.